The fourth-order valence-corrected chi connectivity index (χ4v) is 6.33. The molecule has 0 aliphatic carbocycles. The number of amides is 1. The maximum absolute atomic E-state index is 13.5. The summed E-state index contributed by atoms with van der Waals surface area (Å²) in [6, 6.07) is 18.2. The van der Waals surface area contributed by atoms with E-state index < -0.39 is 0 Å². The van der Waals surface area contributed by atoms with Gasteiger partial charge in [0, 0.05) is 29.7 Å². The lowest BCUT2D eigenvalue weighted by atomic mass is 9.99. The number of hydrogen-bond donors (Lipinski definition) is 0. The van der Waals surface area contributed by atoms with Crippen molar-refractivity contribution in [3.63, 3.8) is 0 Å². The van der Waals surface area contributed by atoms with E-state index in [-0.39, 0.29) is 11.5 Å². The van der Waals surface area contributed by atoms with Gasteiger partial charge in [0.15, 0.2) is 5.16 Å². The summed E-state index contributed by atoms with van der Waals surface area (Å²) < 4.78 is 3.51. The summed E-state index contributed by atoms with van der Waals surface area (Å²) in [5, 5.41) is 1.63. The number of benzene rings is 2. The summed E-state index contributed by atoms with van der Waals surface area (Å²) in [6.07, 6.45) is 2.86. The molecule has 0 spiro atoms. The number of thiophene rings is 1. The van der Waals surface area contributed by atoms with Gasteiger partial charge in [-0.05, 0) is 36.8 Å². The lowest BCUT2D eigenvalue weighted by molar-refractivity contribution is -0.129. The highest BCUT2D eigenvalue weighted by molar-refractivity contribution is 7.99. The van der Waals surface area contributed by atoms with Crippen LogP contribution in [-0.4, -0.2) is 39.2 Å². The molecule has 0 bridgehead atoms. The lowest BCUT2D eigenvalue weighted by Gasteiger charge is -2.30. The highest BCUT2D eigenvalue weighted by Crippen LogP contribution is 2.32. The van der Waals surface area contributed by atoms with Crippen LogP contribution in [0.3, 0.4) is 0 Å². The Bertz CT molecular complexity index is 1340. The summed E-state index contributed by atoms with van der Waals surface area (Å²) >= 11 is 2.89. The third kappa shape index (κ3) is 4.70. The number of piperidine rings is 1. The van der Waals surface area contributed by atoms with E-state index in [1.807, 2.05) is 47.4 Å². The Hall–Kier alpha value is -2.64. The SMILES string of the molecule is CC1CCN(C(=O)CSc2nc3c(sc4ccccc43)c(=O)n2CCc2ccccc2)CC1. The van der Waals surface area contributed by atoms with Crippen LogP contribution in [0.25, 0.3) is 20.3 Å². The van der Waals surface area contributed by atoms with Crippen molar-refractivity contribution in [1.29, 1.82) is 0 Å². The number of carbonyl (C=O) groups is 1. The van der Waals surface area contributed by atoms with Gasteiger partial charge in [0.05, 0.1) is 11.3 Å². The molecule has 4 aromatic rings. The molecule has 1 fully saturated rings. The molecule has 33 heavy (non-hydrogen) atoms. The van der Waals surface area contributed by atoms with Crippen LogP contribution >= 0.6 is 23.1 Å². The number of likely N-dealkylation sites (tertiary alicyclic amines) is 1. The number of carbonyl (C=O) groups excluding carboxylic acids is 1. The van der Waals surface area contributed by atoms with Gasteiger partial charge in [-0.25, -0.2) is 4.98 Å². The number of fused-ring (bicyclic) bond motifs is 3. The topological polar surface area (TPSA) is 55.2 Å². The molecule has 0 unspecified atom stereocenters. The minimum Gasteiger partial charge on any atom is -0.342 e. The van der Waals surface area contributed by atoms with Crippen LogP contribution < -0.4 is 5.56 Å². The molecule has 7 heteroatoms. The van der Waals surface area contributed by atoms with E-state index in [4.69, 9.17) is 4.98 Å². The quantitative estimate of drug-likeness (QED) is 0.283. The first kappa shape index (κ1) is 22.2. The number of thioether (sulfide) groups is 1. The largest absolute Gasteiger partial charge is 0.342 e. The monoisotopic (exact) mass is 477 g/mol. The Kier molecular flexibility index (Phi) is 6.51. The molecule has 5 rings (SSSR count). The fraction of sp³-hybridized carbons (Fsp3) is 0.346. The first-order valence-corrected chi connectivity index (χ1v) is 13.3. The number of rotatable bonds is 6. The lowest BCUT2D eigenvalue weighted by Crippen LogP contribution is -2.39. The van der Waals surface area contributed by atoms with Crippen molar-refractivity contribution in [3.05, 3.63) is 70.5 Å². The van der Waals surface area contributed by atoms with Gasteiger partial charge in [-0.2, -0.15) is 0 Å². The van der Waals surface area contributed by atoms with E-state index >= 15 is 0 Å². The van der Waals surface area contributed by atoms with Gasteiger partial charge >= 0.3 is 0 Å². The zero-order valence-corrected chi connectivity index (χ0v) is 20.3. The van der Waals surface area contributed by atoms with Gasteiger partial charge < -0.3 is 4.90 Å². The van der Waals surface area contributed by atoms with Crippen LogP contribution in [-0.2, 0) is 17.8 Å². The summed E-state index contributed by atoms with van der Waals surface area (Å²) in [5.74, 6) is 1.12. The molecule has 1 saturated heterocycles. The molecular weight excluding hydrogens is 450 g/mol. The smallest absolute Gasteiger partial charge is 0.272 e. The minimum absolute atomic E-state index is 0.0149. The maximum Gasteiger partial charge on any atom is 0.272 e. The number of aromatic nitrogens is 2. The molecule has 1 aliphatic rings. The average Bonchev–Trinajstić information content (AvgIpc) is 3.22. The standard InChI is InChI=1S/C26H27N3O2S2/c1-18-11-14-28(15-12-18)22(30)17-32-26-27-23-20-9-5-6-10-21(20)33-24(23)25(31)29(26)16-13-19-7-3-2-4-8-19/h2-10,18H,11-17H2,1H3. The Labute approximate surface area is 201 Å². The molecule has 0 atom stereocenters. The van der Waals surface area contributed by atoms with Crippen LogP contribution in [0.5, 0.6) is 0 Å². The van der Waals surface area contributed by atoms with E-state index in [1.165, 1.54) is 28.7 Å². The van der Waals surface area contributed by atoms with Crippen molar-refractivity contribution in [2.75, 3.05) is 18.8 Å². The molecule has 1 aliphatic heterocycles. The van der Waals surface area contributed by atoms with E-state index in [1.54, 1.807) is 4.57 Å². The number of nitrogens with zero attached hydrogens (tertiary/aromatic N) is 3. The maximum atomic E-state index is 13.5. The van der Waals surface area contributed by atoms with Crippen LogP contribution in [0.1, 0.15) is 25.3 Å². The van der Waals surface area contributed by atoms with E-state index in [2.05, 4.69) is 19.1 Å². The first-order chi connectivity index (χ1) is 16.1. The Morgan fingerprint density at radius 1 is 1.09 bits per heavy atom. The molecule has 0 N–H and O–H groups in total. The number of aryl methyl sites for hydroxylation is 1. The van der Waals surface area contributed by atoms with E-state index in [0.717, 1.165) is 48.0 Å². The second-order valence-electron chi connectivity index (χ2n) is 8.71. The Balaban J connectivity index is 1.46. The van der Waals surface area contributed by atoms with Gasteiger partial charge in [0.25, 0.3) is 5.56 Å². The Morgan fingerprint density at radius 3 is 2.61 bits per heavy atom. The van der Waals surface area contributed by atoms with Crippen LogP contribution in [0.15, 0.2) is 64.5 Å². The van der Waals surface area contributed by atoms with Crippen LogP contribution in [0, 0.1) is 5.92 Å². The molecular formula is C26H27N3O2S2. The summed E-state index contributed by atoms with van der Waals surface area (Å²) in [4.78, 5) is 33.3. The van der Waals surface area contributed by atoms with E-state index in [0.29, 0.717) is 28.1 Å². The van der Waals surface area contributed by atoms with Gasteiger partial charge in [-0.15, -0.1) is 11.3 Å². The molecule has 1 amide bonds. The second kappa shape index (κ2) is 9.69. The van der Waals surface area contributed by atoms with E-state index in [9.17, 15) is 9.59 Å². The molecule has 2 aromatic carbocycles. The van der Waals surface area contributed by atoms with Gasteiger partial charge in [0.1, 0.15) is 4.70 Å². The van der Waals surface area contributed by atoms with Crippen molar-refractivity contribution < 1.29 is 4.79 Å². The van der Waals surface area contributed by atoms with Crippen LogP contribution in [0.4, 0.5) is 0 Å². The fourth-order valence-electron chi connectivity index (χ4n) is 4.32. The predicted octanol–water partition coefficient (Wildman–Crippen LogP) is 5.20. The predicted molar refractivity (Wildman–Crippen MR) is 137 cm³/mol. The summed E-state index contributed by atoms with van der Waals surface area (Å²) in [6.45, 7) is 4.43. The molecule has 170 valence electrons. The first-order valence-electron chi connectivity index (χ1n) is 11.5. The Morgan fingerprint density at radius 2 is 1.82 bits per heavy atom. The molecule has 5 nitrogen and oxygen atoms in total. The molecule has 3 heterocycles. The molecule has 0 saturated carbocycles. The molecule has 2 aromatic heterocycles. The van der Waals surface area contributed by atoms with Gasteiger partial charge in [-0.3, -0.25) is 14.2 Å². The minimum atomic E-state index is -0.0149. The van der Waals surface area contributed by atoms with Crippen LogP contribution in [0.2, 0.25) is 0 Å². The van der Waals surface area contributed by atoms with Crippen molar-refractivity contribution >= 4 is 49.3 Å². The van der Waals surface area contributed by atoms with Gasteiger partial charge in [-0.1, -0.05) is 67.2 Å². The normalized spacial score (nSPS) is 14.9. The van der Waals surface area contributed by atoms with Crippen molar-refractivity contribution in [2.45, 2.75) is 37.9 Å². The van der Waals surface area contributed by atoms with Crippen molar-refractivity contribution in [1.82, 2.24) is 14.5 Å². The zero-order chi connectivity index (χ0) is 22.8. The van der Waals surface area contributed by atoms with Crippen molar-refractivity contribution in [2.24, 2.45) is 5.92 Å². The average molecular weight is 478 g/mol. The molecule has 0 radical (unpaired) electrons. The highest BCUT2D eigenvalue weighted by Gasteiger charge is 2.22. The number of hydrogen-bond acceptors (Lipinski definition) is 5. The van der Waals surface area contributed by atoms with Crippen molar-refractivity contribution in [3.8, 4) is 0 Å². The summed E-state index contributed by atoms with van der Waals surface area (Å²) in [7, 11) is 0. The third-order valence-corrected chi connectivity index (χ3v) is 8.48. The zero-order valence-electron chi connectivity index (χ0n) is 18.7. The second-order valence-corrected chi connectivity index (χ2v) is 10.7. The third-order valence-electron chi connectivity index (χ3n) is 6.38. The summed E-state index contributed by atoms with van der Waals surface area (Å²) in [5.41, 5.74) is 1.91. The van der Waals surface area contributed by atoms with Gasteiger partial charge in [0.2, 0.25) is 5.91 Å². The highest BCUT2D eigenvalue weighted by atomic mass is 32.2.